The van der Waals surface area contributed by atoms with Crippen molar-refractivity contribution in [3.63, 3.8) is 0 Å². The zero-order valence-electron chi connectivity index (χ0n) is 6.92. The molecule has 66 valence electrons. The minimum atomic E-state index is 0.660. The summed E-state index contributed by atoms with van der Waals surface area (Å²) < 4.78 is 0. The van der Waals surface area contributed by atoms with Crippen molar-refractivity contribution in [2.75, 3.05) is 5.73 Å². The lowest BCUT2D eigenvalue weighted by Crippen LogP contribution is -1.89. The number of benzene rings is 1. The number of aromatic nitrogens is 1. The first-order valence-electron chi connectivity index (χ1n) is 3.96. The van der Waals surface area contributed by atoms with Gasteiger partial charge in [-0.1, -0.05) is 11.6 Å². The van der Waals surface area contributed by atoms with E-state index in [0.29, 0.717) is 10.7 Å². The first-order chi connectivity index (χ1) is 6.27. The topological polar surface area (TPSA) is 41.8 Å². The number of nitrogens with one attached hydrogen (secondary N) is 1. The predicted molar refractivity (Wildman–Crippen MR) is 55.7 cm³/mol. The molecule has 2 nitrogen and oxygen atoms in total. The Kier molecular flexibility index (Phi) is 1.99. The molecular weight excluding hydrogens is 184 g/mol. The molecule has 2 rings (SSSR count). The molecule has 0 atom stereocenters. The number of anilines is 1. The van der Waals surface area contributed by atoms with Crippen LogP contribution in [-0.2, 0) is 0 Å². The van der Waals surface area contributed by atoms with E-state index in [1.165, 1.54) is 0 Å². The lowest BCUT2D eigenvalue weighted by molar-refractivity contribution is 1.40. The lowest BCUT2D eigenvalue weighted by atomic mass is 10.1. The molecule has 0 saturated carbocycles. The van der Waals surface area contributed by atoms with Crippen molar-refractivity contribution in [3.8, 4) is 11.3 Å². The molecule has 0 bridgehead atoms. The van der Waals surface area contributed by atoms with E-state index in [4.69, 9.17) is 17.3 Å². The summed E-state index contributed by atoms with van der Waals surface area (Å²) in [6, 6.07) is 9.39. The Morgan fingerprint density at radius 3 is 2.69 bits per heavy atom. The number of nitrogen functional groups attached to an aromatic ring is 1. The van der Waals surface area contributed by atoms with E-state index >= 15 is 0 Å². The van der Waals surface area contributed by atoms with E-state index in [0.717, 1.165) is 11.3 Å². The first kappa shape index (κ1) is 8.20. The van der Waals surface area contributed by atoms with Crippen molar-refractivity contribution in [3.05, 3.63) is 41.6 Å². The van der Waals surface area contributed by atoms with Gasteiger partial charge in [-0.15, -0.1) is 0 Å². The lowest BCUT2D eigenvalue weighted by Gasteiger charge is -2.03. The Bertz CT molecular complexity index is 407. The van der Waals surface area contributed by atoms with Gasteiger partial charge in [-0.2, -0.15) is 0 Å². The normalized spacial score (nSPS) is 10.2. The second-order valence-electron chi connectivity index (χ2n) is 2.82. The fourth-order valence-corrected chi connectivity index (χ4v) is 1.46. The van der Waals surface area contributed by atoms with Gasteiger partial charge in [0.15, 0.2) is 0 Å². The van der Waals surface area contributed by atoms with Crippen molar-refractivity contribution < 1.29 is 0 Å². The van der Waals surface area contributed by atoms with Gasteiger partial charge in [-0.25, -0.2) is 0 Å². The van der Waals surface area contributed by atoms with Gasteiger partial charge in [0.1, 0.15) is 0 Å². The summed E-state index contributed by atoms with van der Waals surface area (Å²) in [5, 5.41) is 0.660. The molecule has 0 saturated heterocycles. The average molecular weight is 193 g/mol. The molecule has 3 heteroatoms. The Hall–Kier alpha value is -1.41. The maximum atomic E-state index is 5.81. The van der Waals surface area contributed by atoms with E-state index in [-0.39, 0.29) is 0 Å². The minimum absolute atomic E-state index is 0.660. The van der Waals surface area contributed by atoms with Gasteiger partial charge in [0.2, 0.25) is 0 Å². The molecule has 1 aromatic carbocycles. The molecule has 0 spiro atoms. The van der Waals surface area contributed by atoms with E-state index in [9.17, 15) is 0 Å². The van der Waals surface area contributed by atoms with Gasteiger partial charge in [0, 0.05) is 28.2 Å². The molecule has 0 aliphatic rings. The minimum Gasteiger partial charge on any atom is -0.398 e. The largest absolute Gasteiger partial charge is 0.398 e. The van der Waals surface area contributed by atoms with Gasteiger partial charge in [0.05, 0.1) is 0 Å². The number of H-pyrrole nitrogens is 1. The number of hydrogen-bond donors (Lipinski definition) is 2. The second kappa shape index (κ2) is 3.15. The fraction of sp³-hybridized carbons (Fsp3) is 0. The number of nitrogens with two attached hydrogens (primary N) is 1. The van der Waals surface area contributed by atoms with Gasteiger partial charge in [0.25, 0.3) is 0 Å². The summed E-state index contributed by atoms with van der Waals surface area (Å²) in [6.07, 6.45) is 1.86. The predicted octanol–water partition coefficient (Wildman–Crippen LogP) is 2.92. The van der Waals surface area contributed by atoms with Crippen LogP contribution < -0.4 is 5.73 Å². The SMILES string of the molecule is Nc1cc(Cl)ccc1-c1ccc[nH]1. The third-order valence-corrected chi connectivity index (χ3v) is 2.14. The van der Waals surface area contributed by atoms with Crippen molar-refractivity contribution in [1.82, 2.24) is 4.98 Å². The first-order valence-corrected chi connectivity index (χ1v) is 4.34. The molecule has 1 heterocycles. The zero-order valence-corrected chi connectivity index (χ0v) is 7.68. The molecule has 0 aliphatic heterocycles. The molecule has 0 fully saturated rings. The van der Waals surface area contributed by atoms with E-state index in [2.05, 4.69) is 4.98 Å². The highest BCUT2D eigenvalue weighted by atomic mass is 35.5. The van der Waals surface area contributed by atoms with E-state index in [1.807, 2.05) is 30.5 Å². The molecule has 2 aromatic rings. The van der Waals surface area contributed by atoms with Crippen LogP contribution in [0.25, 0.3) is 11.3 Å². The van der Waals surface area contributed by atoms with Crippen molar-refractivity contribution in [2.45, 2.75) is 0 Å². The van der Waals surface area contributed by atoms with Crippen LogP contribution in [0.1, 0.15) is 0 Å². The molecule has 3 N–H and O–H groups in total. The van der Waals surface area contributed by atoms with Gasteiger partial charge in [-0.05, 0) is 30.3 Å². The molecule has 0 amide bonds. The number of hydrogen-bond acceptors (Lipinski definition) is 1. The van der Waals surface area contributed by atoms with Gasteiger partial charge >= 0.3 is 0 Å². The van der Waals surface area contributed by atoms with E-state index < -0.39 is 0 Å². The maximum Gasteiger partial charge on any atom is 0.0474 e. The monoisotopic (exact) mass is 192 g/mol. The Morgan fingerprint density at radius 1 is 1.23 bits per heavy atom. The zero-order chi connectivity index (χ0) is 9.26. The molecular formula is C10H9ClN2. The van der Waals surface area contributed by atoms with Crippen LogP contribution >= 0.6 is 11.6 Å². The molecule has 1 aromatic heterocycles. The Labute approximate surface area is 81.3 Å². The summed E-state index contributed by atoms with van der Waals surface area (Å²) in [7, 11) is 0. The van der Waals surface area contributed by atoms with Crippen LogP contribution in [0.4, 0.5) is 5.69 Å². The summed E-state index contributed by atoms with van der Waals surface area (Å²) in [5.74, 6) is 0. The second-order valence-corrected chi connectivity index (χ2v) is 3.25. The van der Waals surface area contributed by atoms with Crippen LogP contribution in [0.15, 0.2) is 36.5 Å². The highest BCUT2D eigenvalue weighted by molar-refractivity contribution is 6.31. The number of rotatable bonds is 1. The summed E-state index contributed by atoms with van der Waals surface area (Å²) in [4.78, 5) is 3.09. The summed E-state index contributed by atoms with van der Waals surface area (Å²) in [5.41, 5.74) is 8.49. The fourth-order valence-electron chi connectivity index (χ4n) is 1.28. The smallest absolute Gasteiger partial charge is 0.0474 e. The van der Waals surface area contributed by atoms with Crippen LogP contribution in [0.2, 0.25) is 5.02 Å². The van der Waals surface area contributed by atoms with Crippen molar-refractivity contribution >= 4 is 17.3 Å². The summed E-state index contributed by atoms with van der Waals surface area (Å²) in [6.45, 7) is 0. The molecule has 0 radical (unpaired) electrons. The standard InChI is InChI=1S/C10H9ClN2/c11-7-3-4-8(9(12)6-7)10-2-1-5-13-10/h1-6,13H,12H2. The van der Waals surface area contributed by atoms with E-state index in [1.54, 1.807) is 6.07 Å². The van der Waals surface area contributed by atoms with Crippen LogP contribution in [-0.4, -0.2) is 4.98 Å². The van der Waals surface area contributed by atoms with Crippen LogP contribution in [0.5, 0.6) is 0 Å². The molecule has 0 aliphatic carbocycles. The quantitative estimate of drug-likeness (QED) is 0.671. The van der Waals surface area contributed by atoms with Crippen LogP contribution in [0, 0.1) is 0 Å². The van der Waals surface area contributed by atoms with Crippen molar-refractivity contribution in [2.24, 2.45) is 0 Å². The summed E-state index contributed by atoms with van der Waals surface area (Å²) >= 11 is 5.79. The number of halogens is 1. The third-order valence-electron chi connectivity index (χ3n) is 1.90. The molecule has 13 heavy (non-hydrogen) atoms. The third kappa shape index (κ3) is 1.53. The molecule has 0 unspecified atom stereocenters. The maximum absolute atomic E-state index is 5.81. The average Bonchev–Trinajstić information content (AvgIpc) is 2.56. The highest BCUT2D eigenvalue weighted by Gasteiger charge is 2.02. The van der Waals surface area contributed by atoms with Crippen molar-refractivity contribution in [1.29, 1.82) is 0 Å². The number of aromatic amines is 1. The highest BCUT2D eigenvalue weighted by Crippen LogP contribution is 2.26. The Balaban J connectivity index is 2.53. The van der Waals surface area contributed by atoms with Gasteiger partial charge < -0.3 is 10.7 Å². The Morgan fingerprint density at radius 2 is 2.08 bits per heavy atom. The van der Waals surface area contributed by atoms with Gasteiger partial charge in [-0.3, -0.25) is 0 Å². The van der Waals surface area contributed by atoms with Crippen LogP contribution in [0.3, 0.4) is 0 Å².